The SMILES string of the molecule is COc1cc(C)c(C)cc1-c1nc2c(CO)cccn2c1N. The number of aromatic nitrogens is 2. The van der Waals surface area contributed by atoms with E-state index < -0.39 is 0 Å². The van der Waals surface area contributed by atoms with Gasteiger partial charge >= 0.3 is 0 Å². The second kappa shape index (κ2) is 5.35. The van der Waals surface area contributed by atoms with Crippen molar-refractivity contribution >= 4 is 11.5 Å². The average molecular weight is 297 g/mol. The number of fused-ring (bicyclic) bond motifs is 1. The summed E-state index contributed by atoms with van der Waals surface area (Å²) < 4.78 is 7.28. The summed E-state index contributed by atoms with van der Waals surface area (Å²) in [7, 11) is 1.64. The molecule has 3 aromatic rings. The molecule has 0 saturated carbocycles. The van der Waals surface area contributed by atoms with Gasteiger partial charge in [-0.3, -0.25) is 4.40 Å². The number of aryl methyl sites for hydroxylation is 2. The van der Waals surface area contributed by atoms with Gasteiger partial charge in [0.15, 0.2) is 0 Å². The molecule has 0 fully saturated rings. The number of hydrogen-bond acceptors (Lipinski definition) is 4. The van der Waals surface area contributed by atoms with E-state index in [0.29, 0.717) is 17.2 Å². The summed E-state index contributed by atoms with van der Waals surface area (Å²) in [4.78, 5) is 4.63. The van der Waals surface area contributed by atoms with Gasteiger partial charge < -0.3 is 15.6 Å². The van der Waals surface area contributed by atoms with Crippen LogP contribution in [-0.4, -0.2) is 21.6 Å². The minimum atomic E-state index is -0.0791. The van der Waals surface area contributed by atoms with E-state index in [1.165, 1.54) is 0 Å². The normalized spacial score (nSPS) is 11.1. The van der Waals surface area contributed by atoms with Gasteiger partial charge in [0.2, 0.25) is 0 Å². The molecule has 0 unspecified atom stereocenters. The van der Waals surface area contributed by atoms with Gasteiger partial charge in [0.1, 0.15) is 22.9 Å². The lowest BCUT2D eigenvalue weighted by atomic mass is 10.0. The summed E-state index contributed by atoms with van der Waals surface area (Å²) in [6.07, 6.45) is 1.84. The van der Waals surface area contributed by atoms with E-state index >= 15 is 0 Å². The quantitative estimate of drug-likeness (QED) is 0.779. The van der Waals surface area contributed by atoms with Crippen molar-refractivity contribution in [1.82, 2.24) is 9.38 Å². The molecule has 114 valence electrons. The summed E-state index contributed by atoms with van der Waals surface area (Å²) in [5, 5.41) is 9.47. The lowest BCUT2D eigenvalue weighted by Gasteiger charge is -2.10. The molecular formula is C17H19N3O2. The molecule has 3 N–H and O–H groups in total. The average Bonchev–Trinajstić information content (AvgIpc) is 2.86. The lowest BCUT2D eigenvalue weighted by molar-refractivity contribution is 0.282. The Morgan fingerprint density at radius 2 is 2.00 bits per heavy atom. The number of pyridine rings is 1. The fraction of sp³-hybridized carbons (Fsp3) is 0.235. The number of benzene rings is 1. The Morgan fingerprint density at radius 3 is 2.68 bits per heavy atom. The highest BCUT2D eigenvalue weighted by atomic mass is 16.5. The Labute approximate surface area is 129 Å². The number of aliphatic hydroxyl groups excluding tert-OH is 1. The first kappa shape index (κ1) is 14.4. The summed E-state index contributed by atoms with van der Waals surface area (Å²) in [5.74, 6) is 1.27. The fourth-order valence-electron chi connectivity index (χ4n) is 2.61. The third-order valence-corrected chi connectivity index (χ3v) is 4.01. The molecule has 0 aliphatic heterocycles. The molecule has 5 nitrogen and oxygen atoms in total. The monoisotopic (exact) mass is 297 g/mol. The number of imidazole rings is 1. The summed E-state index contributed by atoms with van der Waals surface area (Å²) in [6, 6.07) is 7.70. The predicted molar refractivity (Wildman–Crippen MR) is 87.0 cm³/mol. The molecule has 2 aromatic heterocycles. The number of aliphatic hydroxyl groups is 1. The molecule has 0 aliphatic carbocycles. The molecule has 0 saturated heterocycles. The van der Waals surface area contributed by atoms with Gasteiger partial charge in [-0.1, -0.05) is 6.07 Å². The van der Waals surface area contributed by atoms with Gasteiger partial charge in [0.05, 0.1) is 13.7 Å². The summed E-state index contributed by atoms with van der Waals surface area (Å²) >= 11 is 0. The number of hydrogen-bond donors (Lipinski definition) is 2. The van der Waals surface area contributed by atoms with E-state index in [-0.39, 0.29) is 6.61 Å². The molecule has 5 heteroatoms. The Kier molecular flexibility index (Phi) is 3.50. The number of ether oxygens (including phenoxy) is 1. The largest absolute Gasteiger partial charge is 0.496 e. The molecule has 2 heterocycles. The zero-order valence-electron chi connectivity index (χ0n) is 12.9. The van der Waals surface area contributed by atoms with Crippen molar-refractivity contribution in [3.05, 3.63) is 47.2 Å². The summed E-state index contributed by atoms with van der Waals surface area (Å²) in [6.45, 7) is 4.01. The maximum atomic E-state index is 9.47. The van der Waals surface area contributed by atoms with Crippen molar-refractivity contribution < 1.29 is 9.84 Å². The zero-order chi connectivity index (χ0) is 15.9. The summed E-state index contributed by atoms with van der Waals surface area (Å²) in [5.41, 5.74) is 11.5. The van der Waals surface area contributed by atoms with Crippen LogP contribution in [0.5, 0.6) is 5.75 Å². The second-order valence-corrected chi connectivity index (χ2v) is 5.37. The maximum absolute atomic E-state index is 9.47. The maximum Gasteiger partial charge on any atom is 0.144 e. The van der Waals surface area contributed by atoms with Crippen LogP contribution in [0.2, 0.25) is 0 Å². The standard InChI is InChI=1S/C17H19N3O2/c1-10-7-13(14(22-3)8-11(10)2)15-16(18)20-6-4-5-12(9-21)17(20)19-15/h4-8,21H,9,18H2,1-3H3. The van der Waals surface area contributed by atoms with E-state index in [0.717, 1.165) is 28.0 Å². The Bertz CT molecular complexity index is 853. The van der Waals surface area contributed by atoms with Gasteiger partial charge in [-0.05, 0) is 43.2 Å². The number of nitrogens with two attached hydrogens (primary N) is 1. The van der Waals surface area contributed by atoms with E-state index in [2.05, 4.69) is 4.98 Å². The number of methoxy groups -OCH3 is 1. The topological polar surface area (TPSA) is 72.8 Å². The number of nitrogen functional groups attached to an aromatic ring is 1. The Morgan fingerprint density at radius 1 is 1.27 bits per heavy atom. The molecule has 22 heavy (non-hydrogen) atoms. The van der Waals surface area contributed by atoms with Crippen LogP contribution in [0.4, 0.5) is 5.82 Å². The van der Waals surface area contributed by atoms with Crippen LogP contribution >= 0.6 is 0 Å². The minimum Gasteiger partial charge on any atom is -0.496 e. The van der Waals surface area contributed by atoms with Crippen LogP contribution in [0.15, 0.2) is 30.5 Å². The van der Waals surface area contributed by atoms with Gasteiger partial charge in [-0.15, -0.1) is 0 Å². The highest BCUT2D eigenvalue weighted by Gasteiger charge is 2.17. The molecule has 0 amide bonds. The first-order valence-electron chi connectivity index (χ1n) is 7.08. The minimum absolute atomic E-state index is 0.0791. The van der Waals surface area contributed by atoms with Crippen molar-refractivity contribution in [2.45, 2.75) is 20.5 Å². The molecule has 3 rings (SSSR count). The smallest absolute Gasteiger partial charge is 0.144 e. The predicted octanol–water partition coefficient (Wildman–Crippen LogP) is 2.70. The van der Waals surface area contributed by atoms with Crippen molar-refractivity contribution in [3.8, 4) is 17.0 Å². The second-order valence-electron chi connectivity index (χ2n) is 5.37. The van der Waals surface area contributed by atoms with Crippen molar-refractivity contribution in [1.29, 1.82) is 0 Å². The Balaban J connectivity index is 2.31. The molecule has 0 radical (unpaired) electrons. The number of rotatable bonds is 3. The molecule has 1 aromatic carbocycles. The fourth-order valence-corrected chi connectivity index (χ4v) is 2.61. The van der Waals surface area contributed by atoms with Gasteiger partial charge in [-0.2, -0.15) is 0 Å². The van der Waals surface area contributed by atoms with Crippen LogP contribution < -0.4 is 10.5 Å². The highest BCUT2D eigenvalue weighted by molar-refractivity contribution is 5.80. The third-order valence-electron chi connectivity index (χ3n) is 4.01. The van der Waals surface area contributed by atoms with Gasteiger partial charge in [-0.25, -0.2) is 4.98 Å². The molecule has 0 bridgehead atoms. The van der Waals surface area contributed by atoms with Crippen molar-refractivity contribution in [3.63, 3.8) is 0 Å². The number of anilines is 1. The van der Waals surface area contributed by atoms with Crippen LogP contribution in [0.1, 0.15) is 16.7 Å². The Hall–Kier alpha value is -2.53. The molecule has 0 spiro atoms. The molecule has 0 atom stereocenters. The van der Waals surface area contributed by atoms with Gasteiger partial charge in [0.25, 0.3) is 0 Å². The van der Waals surface area contributed by atoms with E-state index in [9.17, 15) is 5.11 Å². The third kappa shape index (κ3) is 2.10. The van der Waals surface area contributed by atoms with Crippen molar-refractivity contribution in [2.24, 2.45) is 0 Å². The van der Waals surface area contributed by atoms with Crippen LogP contribution in [0.3, 0.4) is 0 Å². The van der Waals surface area contributed by atoms with Crippen LogP contribution in [0, 0.1) is 13.8 Å². The van der Waals surface area contributed by atoms with Crippen LogP contribution in [-0.2, 0) is 6.61 Å². The number of nitrogens with zero attached hydrogens (tertiary/aromatic N) is 2. The molecular weight excluding hydrogens is 278 g/mol. The highest BCUT2D eigenvalue weighted by Crippen LogP contribution is 2.36. The van der Waals surface area contributed by atoms with Crippen LogP contribution in [0.25, 0.3) is 16.9 Å². The zero-order valence-corrected chi connectivity index (χ0v) is 12.9. The lowest BCUT2D eigenvalue weighted by Crippen LogP contribution is -1.97. The van der Waals surface area contributed by atoms with E-state index in [1.807, 2.05) is 44.3 Å². The first-order chi connectivity index (χ1) is 10.6. The molecule has 0 aliphatic rings. The van der Waals surface area contributed by atoms with E-state index in [1.54, 1.807) is 11.5 Å². The van der Waals surface area contributed by atoms with Gasteiger partial charge in [0, 0.05) is 17.3 Å². The van der Waals surface area contributed by atoms with Crippen molar-refractivity contribution in [2.75, 3.05) is 12.8 Å². The van der Waals surface area contributed by atoms with E-state index in [4.69, 9.17) is 10.5 Å². The first-order valence-corrected chi connectivity index (χ1v) is 7.08.